The lowest BCUT2D eigenvalue weighted by Crippen LogP contribution is -2.42. The molecule has 1 saturated heterocycles. The predicted molar refractivity (Wildman–Crippen MR) is 77.4 cm³/mol. The van der Waals surface area contributed by atoms with E-state index < -0.39 is 0 Å². The standard InChI is InChI=1S/C15H14BrNO3/c16-12-5-2-1-4-11(12)14-10-17(7-9-20-14)15(18)13-6-3-8-19-13/h1-6,8,14H,7,9-10H2/t14-/m0/s1. The van der Waals surface area contributed by atoms with Crippen LogP contribution in [0.5, 0.6) is 0 Å². The molecule has 0 bridgehead atoms. The summed E-state index contributed by atoms with van der Waals surface area (Å²) in [4.78, 5) is 14.1. The van der Waals surface area contributed by atoms with Gasteiger partial charge in [0, 0.05) is 11.0 Å². The molecule has 0 saturated carbocycles. The van der Waals surface area contributed by atoms with Crippen molar-refractivity contribution in [2.75, 3.05) is 19.7 Å². The summed E-state index contributed by atoms with van der Waals surface area (Å²) < 4.78 is 12.0. The van der Waals surface area contributed by atoms with Gasteiger partial charge in [0.2, 0.25) is 0 Å². The first-order valence-corrected chi connectivity index (χ1v) is 7.24. The van der Waals surface area contributed by atoms with Crippen molar-refractivity contribution in [2.24, 2.45) is 0 Å². The second-order valence-electron chi connectivity index (χ2n) is 4.61. The van der Waals surface area contributed by atoms with Crippen LogP contribution in [0.15, 0.2) is 51.6 Å². The molecule has 20 heavy (non-hydrogen) atoms. The maximum atomic E-state index is 12.3. The van der Waals surface area contributed by atoms with E-state index in [0.29, 0.717) is 25.5 Å². The maximum Gasteiger partial charge on any atom is 0.289 e. The van der Waals surface area contributed by atoms with E-state index in [0.717, 1.165) is 10.0 Å². The highest BCUT2D eigenvalue weighted by molar-refractivity contribution is 9.10. The van der Waals surface area contributed by atoms with Crippen molar-refractivity contribution in [1.29, 1.82) is 0 Å². The summed E-state index contributed by atoms with van der Waals surface area (Å²) >= 11 is 3.53. The van der Waals surface area contributed by atoms with Gasteiger partial charge in [0.05, 0.1) is 19.4 Å². The van der Waals surface area contributed by atoms with Crippen molar-refractivity contribution in [3.05, 3.63) is 58.5 Å². The van der Waals surface area contributed by atoms with Crippen LogP contribution in [0, 0.1) is 0 Å². The molecule has 1 atom stereocenters. The second kappa shape index (κ2) is 5.81. The molecule has 5 heteroatoms. The number of hydrogen-bond acceptors (Lipinski definition) is 3. The van der Waals surface area contributed by atoms with Crippen LogP contribution < -0.4 is 0 Å². The molecular weight excluding hydrogens is 322 g/mol. The molecule has 3 rings (SSSR count). The summed E-state index contributed by atoms with van der Waals surface area (Å²) in [7, 11) is 0. The third kappa shape index (κ3) is 2.64. The van der Waals surface area contributed by atoms with E-state index in [1.807, 2.05) is 24.3 Å². The van der Waals surface area contributed by atoms with E-state index in [1.165, 1.54) is 6.26 Å². The van der Waals surface area contributed by atoms with Crippen LogP contribution in [-0.4, -0.2) is 30.5 Å². The van der Waals surface area contributed by atoms with Gasteiger partial charge in [-0.1, -0.05) is 34.1 Å². The number of morpholine rings is 1. The number of halogens is 1. The summed E-state index contributed by atoms with van der Waals surface area (Å²) in [5.74, 6) is 0.285. The van der Waals surface area contributed by atoms with Crippen molar-refractivity contribution in [3.63, 3.8) is 0 Å². The van der Waals surface area contributed by atoms with Crippen molar-refractivity contribution in [3.8, 4) is 0 Å². The topological polar surface area (TPSA) is 42.7 Å². The van der Waals surface area contributed by atoms with Crippen LogP contribution in [0.2, 0.25) is 0 Å². The van der Waals surface area contributed by atoms with Crippen molar-refractivity contribution in [2.45, 2.75) is 6.10 Å². The minimum absolute atomic E-state index is 0.0876. The minimum atomic E-state index is -0.113. The summed E-state index contributed by atoms with van der Waals surface area (Å²) in [6, 6.07) is 11.3. The molecular formula is C15H14BrNO3. The SMILES string of the molecule is O=C(c1ccco1)N1CCO[C@H](c2ccccc2Br)C1. The highest BCUT2D eigenvalue weighted by Crippen LogP contribution is 2.29. The van der Waals surface area contributed by atoms with Gasteiger partial charge in [0.25, 0.3) is 5.91 Å². The van der Waals surface area contributed by atoms with Gasteiger partial charge in [-0.3, -0.25) is 4.79 Å². The van der Waals surface area contributed by atoms with Gasteiger partial charge in [-0.25, -0.2) is 0 Å². The molecule has 1 aromatic carbocycles. The van der Waals surface area contributed by atoms with E-state index in [2.05, 4.69) is 15.9 Å². The van der Waals surface area contributed by atoms with Crippen molar-refractivity contribution < 1.29 is 13.9 Å². The number of nitrogens with zero attached hydrogens (tertiary/aromatic N) is 1. The van der Waals surface area contributed by atoms with Crippen molar-refractivity contribution in [1.82, 2.24) is 4.90 Å². The lowest BCUT2D eigenvalue weighted by Gasteiger charge is -2.33. The Morgan fingerprint density at radius 1 is 1.25 bits per heavy atom. The molecule has 2 aromatic rings. The number of carbonyl (C=O) groups is 1. The average molecular weight is 336 g/mol. The molecule has 0 spiro atoms. The lowest BCUT2D eigenvalue weighted by atomic mass is 10.1. The quantitative estimate of drug-likeness (QED) is 0.845. The Balaban J connectivity index is 1.77. The molecule has 0 aliphatic carbocycles. The first-order valence-electron chi connectivity index (χ1n) is 6.44. The van der Waals surface area contributed by atoms with Crippen LogP contribution in [-0.2, 0) is 4.74 Å². The molecule has 2 heterocycles. The summed E-state index contributed by atoms with van der Waals surface area (Å²) in [5, 5.41) is 0. The highest BCUT2D eigenvalue weighted by Gasteiger charge is 2.28. The molecule has 1 aliphatic heterocycles. The Bertz CT molecular complexity index is 597. The van der Waals surface area contributed by atoms with Crippen LogP contribution >= 0.6 is 15.9 Å². The average Bonchev–Trinajstić information content (AvgIpc) is 3.01. The molecule has 104 valence electrons. The van der Waals surface area contributed by atoms with Crippen LogP contribution in [0.3, 0.4) is 0 Å². The van der Waals surface area contributed by atoms with E-state index in [9.17, 15) is 4.79 Å². The van der Waals surface area contributed by atoms with Gasteiger partial charge in [-0.05, 0) is 23.8 Å². The van der Waals surface area contributed by atoms with Crippen molar-refractivity contribution >= 4 is 21.8 Å². The predicted octanol–water partition coefficient (Wildman–Crippen LogP) is 3.26. The smallest absolute Gasteiger partial charge is 0.289 e. The number of hydrogen-bond donors (Lipinski definition) is 0. The van der Waals surface area contributed by atoms with E-state index >= 15 is 0 Å². The summed E-state index contributed by atoms with van der Waals surface area (Å²) in [6.07, 6.45) is 1.40. The Labute approximate surface area is 125 Å². The fraction of sp³-hybridized carbons (Fsp3) is 0.267. The molecule has 1 aliphatic rings. The third-order valence-electron chi connectivity index (χ3n) is 3.34. The Morgan fingerprint density at radius 2 is 2.10 bits per heavy atom. The monoisotopic (exact) mass is 335 g/mol. The first kappa shape index (κ1) is 13.4. The Hall–Kier alpha value is -1.59. The number of benzene rings is 1. The molecule has 0 unspecified atom stereocenters. The molecule has 1 fully saturated rings. The van der Waals surface area contributed by atoms with E-state index in [4.69, 9.17) is 9.15 Å². The first-order chi connectivity index (χ1) is 9.75. The molecule has 0 N–H and O–H groups in total. The van der Waals surface area contributed by atoms with Gasteiger partial charge in [0.15, 0.2) is 5.76 Å². The van der Waals surface area contributed by atoms with Gasteiger partial charge in [-0.15, -0.1) is 0 Å². The minimum Gasteiger partial charge on any atom is -0.459 e. The highest BCUT2D eigenvalue weighted by atomic mass is 79.9. The number of carbonyl (C=O) groups excluding carboxylic acids is 1. The van der Waals surface area contributed by atoms with Gasteiger partial charge in [-0.2, -0.15) is 0 Å². The number of ether oxygens (including phenoxy) is 1. The van der Waals surface area contributed by atoms with Crippen LogP contribution in [0.1, 0.15) is 22.2 Å². The Morgan fingerprint density at radius 3 is 2.85 bits per heavy atom. The maximum absolute atomic E-state index is 12.3. The molecule has 0 radical (unpaired) electrons. The molecule has 1 aromatic heterocycles. The number of rotatable bonds is 2. The van der Waals surface area contributed by atoms with E-state index in [-0.39, 0.29) is 12.0 Å². The zero-order valence-corrected chi connectivity index (χ0v) is 12.4. The largest absolute Gasteiger partial charge is 0.459 e. The zero-order chi connectivity index (χ0) is 13.9. The summed E-state index contributed by atoms with van der Waals surface area (Å²) in [6.45, 7) is 1.64. The zero-order valence-electron chi connectivity index (χ0n) is 10.8. The van der Waals surface area contributed by atoms with Gasteiger partial charge in [0.1, 0.15) is 6.10 Å². The lowest BCUT2D eigenvalue weighted by molar-refractivity contribution is -0.0240. The number of amides is 1. The molecule has 4 nitrogen and oxygen atoms in total. The second-order valence-corrected chi connectivity index (χ2v) is 5.46. The number of furan rings is 1. The van der Waals surface area contributed by atoms with Crippen LogP contribution in [0.4, 0.5) is 0 Å². The fourth-order valence-corrected chi connectivity index (χ4v) is 2.85. The summed E-state index contributed by atoms with van der Waals surface area (Å²) in [5.41, 5.74) is 1.06. The van der Waals surface area contributed by atoms with E-state index in [1.54, 1.807) is 17.0 Å². The van der Waals surface area contributed by atoms with Gasteiger partial charge < -0.3 is 14.1 Å². The fourth-order valence-electron chi connectivity index (χ4n) is 2.31. The Kier molecular flexibility index (Phi) is 3.89. The third-order valence-corrected chi connectivity index (χ3v) is 4.06. The molecule has 1 amide bonds. The normalized spacial score (nSPS) is 19.1. The van der Waals surface area contributed by atoms with Crippen LogP contribution in [0.25, 0.3) is 0 Å². The van der Waals surface area contributed by atoms with Gasteiger partial charge >= 0.3 is 0 Å².